The summed E-state index contributed by atoms with van der Waals surface area (Å²) >= 11 is 6.13. The minimum Gasteiger partial charge on any atom is -0.493 e. The molecule has 0 saturated heterocycles. The van der Waals surface area contributed by atoms with E-state index in [1.807, 2.05) is 31.2 Å². The number of hydrogen-bond donors (Lipinski definition) is 1. The lowest BCUT2D eigenvalue weighted by Crippen LogP contribution is -2.06. The molecule has 0 bridgehead atoms. The minimum absolute atomic E-state index is 0.0381. The van der Waals surface area contributed by atoms with Crippen LogP contribution < -0.4 is 10.1 Å². The fourth-order valence-electron chi connectivity index (χ4n) is 2.22. The van der Waals surface area contributed by atoms with Crippen LogP contribution >= 0.6 is 11.6 Å². The molecule has 0 fully saturated rings. The predicted octanol–water partition coefficient (Wildman–Crippen LogP) is 4.66. The van der Waals surface area contributed by atoms with Crippen LogP contribution in [-0.4, -0.2) is 12.1 Å². The first-order chi connectivity index (χ1) is 10.2. The molecule has 5 heteroatoms. The topological polar surface area (TPSA) is 47.3 Å². The van der Waals surface area contributed by atoms with Crippen molar-refractivity contribution in [2.24, 2.45) is 0 Å². The van der Waals surface area contributed by atoms with Crippen molar-refractivity contribution in [1.29, 1.82) is 0 Å². The van der Waals surface area contributed by atoms with Crippen LogP contribution in [0.5, 0.6) is 5.75 Å². The van der Waals surface area contributed by atoms with Crippen LogP contribution in [0.1, 0.15) is 18.7 Å². The molecule has 1 aromatic carbocycles. The number of ether oxygens (including phenoxy) is 1. The summed E-state index contributed by atoms with van der Waals surface area (Å²) < 4.78 is 11.2. The number of halogens is 1. The molecule has 0 radical (unpaired) electrons. The third-order valence-corrected chi connectivity index (χ3v) is 3.64. The summed E-state index contributed by atoms with van der Waals surface area (Å²) in [6.07, 6.45) is 3.35. The smallest absolute Gasteiger partial charge is 0.176 e. The number of methoxy groups -OCH3 is 1. The third kappa shape index (κ3) is 2.67. The van der Waals surface area contributed by atoms with Gasteiger partial charge in [-0.25, -0.2) is 0 Å². The number of para-hydroxylation sites is 1. The number of rotatable bonds is 4. The van der Waals surface area contributed by atoms with E-state index in [9.17, 15) is 0 Å². The SMILES string of the molecule is COc1cccc2cc(C(C)Nc3cnccc3Cl)oc12. The zero-order valence-electron chi connectivity index (χ0n) is 11.8. The monoisotopic (exact) mass is 302 g/mol. The van der Waals surface area contributed by atoms with Crippen molar-refractivity contribution < 1.29 is 9.15 Å². The highest BCUT2D eigenvalue weighted by molar-refractivity contribution is 6.33. The number of nitrogens with one attached hydrogen (secondary N) is 1. The zero-order valence-corrected chi connectivity index (χ0v) is 12.5. The second-order valence-corrected chi connectivity index (χ2v) is 5.16. The molecule has 2 aromatic heterocycles. The Balaban J connectivity index is 1.91. The van der Waals surface area contributed by atoms with E-state index in [-0.39, 0.29) is 6.04 Å². The van der Waals surface area contributed by atoms with E-state index in [4.69, 9.17) is 20.8 Å². The zero-order chi connectivity index (χ0) is 14.8. The standard InChI is InChI=1S/C16H15ClN2O2/c1-10(19-13-9-18-7-6-12(13)17)15-8-11-4-3-5-14(20-2)16(11)21-15/h3-10,19H,1-2H3. The highest BCUT2D eigenvalue weighted by atomic mass is 35.5. The number of fused-ring (bicyclic) bond motifs is 1. The molecule has 1 unspecified atom stereocenters. The number of aromatic nitrogens is 1. The van der Waals surface area contributed by atoms with Gasteiger partial charge in [0.1, 0.15) is 5.76 Å². The summed E-state index contributed by atoms with van der Waals surface area (Å²) in [7, 11) is 1.63. The first-order valence-electron chi connectivity index (χ1n) is 6.61. The number of anilines is 1. The van der Waals surface area contributed by atoms with E-state index in [2.05, 4.69) is 10.3 Å². The van der Waals surface area contributed by atoms with Gasteiger partial charge in [-0.1, -0.05) is 23.7 Å². The normalized spacial score (nSPS) is 12.3. The number of pyridine rings is 1. The first-order valence-corrected chi connectivity index (χ1v) is 6.99. The Morgan fingerprint density at radius 2 is 2.19 bits per heavy atom. The first kappa shape index (κ1) is 13.8. The number of benzene rings is 1. The summed E-state index contributed by atoms with van der Waals surface area (Å²) in [5, 5.41) is 4.94. The Morgan fingerprint density at radius 3 is 2.95 bits per heavy atom. The van der Waals surface area contributed by atoms with Crippen LogP contribution in [0.25, 0.3) is 11.0 Å². The van der Waals surface area contributed by atoms with Crippen molar-refractivity contribution >= 4 is 28.3 Å². The number of nitrogens with zero attached hydrogens (tertiary/aromatic N) is 1. The summed E-state index contributed by atoms with van der Waals surface area (Å²) in [6, 6.07) is 9.53. The molecule has 1 atom stereocenters. The van der Waals surface area contributed by atoms with Gasteiger partial charge >= 0.3 is 0 Å². The van der Waals surface area contributed by atoms with Crippen molar-refractivity contribution in [2.75, 3.05) is 12.4 Å². The van der Waals surface area contributed by atoms with Crippen molar-refractivity contribution in [3.8, 4) is 5.75 Å². The summed E-state index contributed by atoms with van der Waals surface area (Å²) in [4.78, 5) is 4.06. The maximum atomic E-state index is 6.13. The van der Waals surface area contributed by atoms with Crippen molar-refractivity contribution in [3.63, 3.8) is 0 Å². The van der Waals surface area contributed by atoms with Crippen LogP contribution in [0.15, 0.2) is 47.1 Å². The average molecular weight is 303 g/mol. The molecular weight excluding hydrogens is 288 g/mol. The molecule has 2 heterocycles. The van der Waals surface area contributed by atoms with E-state index in [1.165, 1.54) is 0 Å². The quantitative estimate of drug-likeness (QED) is 0.761. The molecule has 3 rings (SSSR count). The Labute approximate surface area is 127 Å². The van der Waals surface area contributed by atoms with E-state index >= 15 is 0 Å². The van der Waals surface area contributed by atoms with Gasteiger partial charge in [0, 0.05) is 11.6 Å². The Bertz CT molecular complexity index is 770. The van der Waals surface area contributed by atoms with Gasteiger partial charge in [-0.05, 0) is 25.1 Å². The maximum Gasteiger partial charge on any atom is 0.176 e. The highest BCUT2D eigenvalue weighted by Crippen LogP contribution is 2.32. The largest absolute Gasteiger partial charge is 0.493 e. The molecule has 0 amide bonds. The van der Waals surface area contributed by atoms with Gasteiger partial charge in [0.25, 0.3) is 0 Å². The lowest BCUT2D eigenvalue weighted by atomic mass is 10.2. The van der Waals surface area contributed by atoms with Gasteiger partial charge in [0.15, 0.2) is 11.3 Å². The third-order valence-electron chi connectivity index (χ3n) is 3.31. The Hall–Kier alpha value is -2.20. The molecule has 3 aromatic rings. The van der Waals surface area contributed by atoms with Crippen molar-refractivity contribution in [2.45, 2.75) is 13.0 Å². The fourth-order valence-corrected chi connectivity index (χ4v) is 2.38. The molecule has 21 heavy (non-hydrogen) atoms. The molecule has 0 saturated carbocycles. The summed E-state index contributed by atoms with van der Waals surface area (Å²) in [5.41, 5.74) is 1.53. The van der Waals surface area contributed by atoms with E-state index in [1.54, 1.807) is 25.6 Å². The molecule has 0 spiro atoms. The molecule has 0 aliphatic carbocycles. The second-order valence-electron chi connectivity index (χ2n) is 4.75. The lowest BCUT2D eigenvalue weighted by Gasteiger charge is -2.13. The predicted molar refractivity (Wildman–Crippen MR) is 84.1 cm³/mol. The molecule has 108 valence electrons. The van der Waals surface area contributed by atoms with Crippen LogP contribution in [0.3, 0.4) is 0 Å². The molecular formula is C16H15ClN2O2. The summed E-state index contributed by atoms with van der Waals surface area (Å²) in [6.45, 7) is 2.01. The van der Waals surface area contributed by atoms with Crippen LogP contribution in [0, 0.1) is 0 Å². The Morgan fingerprint density at radius 1 is 1.33 bits per heavy atom. The van der Waals surface area contributed by atoms with Crippen molar-refractivity contribution in [3.05, 3.63) is 53.5 Å². The average Bonchev–Trinajstić information content (AvgIpc) is 2.93. The van der Waals surface area contributed by atoms with Gasteiger partial charge in [-0.15, -0.1) is 0 Å². The van der Waals surface area contributed by atoms with E-state index < -0.39 is 0 Å². The maximum absolute atomic E-state index is 6.13. The fraction of sp³-hybridized carbons (Fsp3) is 0.188. The van der Waals surface area contributed by atoms with Crippen LogP contribution in [0.2, 0.25) is 5.02 Å². The van der Waals surface area contributed by atoms with Gasteiger partial charge in [-0.3, -0.25) is 4.98 Å². The van der Waals surface area contributed by atoms with Crippen LogP contribution in [0.4, 0.5) is 5.69 Å². The molecule has 0 aliphatic heterocycles. The van der Waals surface area contributed by atoms with Gasteiger partial charge in [-0.2, -0.15) is 0 Å². The highest BCUT2D eigenvalue weighted by Gasteiger charge is 2.14. The second kappa shape index (κ2) is 5.66. The van der Waals surface area contributed by atoms with Crippen molar-refractivity contribution in [1.82, 2.24) is 4.98 Å². The molecule has 1 N–H and O–H groups in total. The summed E-state index contributed by atoms with van der Waals surface area (Å²) in [5.74, 6) is 1.54. The minimum atomic E-state index is -0.0381. The van der Waals surface area contributed by atoms with Gasteiger partial charge in [0.2, 0.25) is 0 Å². The van der Waals surface area contributed by atoms with E-state index in [0.29, 0.717) is 5.02 Å². The lowest BCUT2D eigenvalue weighted by molar-refractivity contribution is 0.406. The van der Waals surface area contributed by atoms with Gasteiger partial charge < -0.3 is 14.5 Å². The van der Waals surface area contributed by atoms with Gasteiger partial charge in [0.05, 0.1) is 30.1 Å². The number of hydrogen-bond acceptors (Lipinski definition) is 4. The number of furan rings is 1. The molecule has 0 aliphatic rings. The van der Waals surface area contributed by atoms with E-state index in [0.717, 1.165) is 28.2 Å². The van der Waals surface area contributed by atoms with Crippen LogP contribution in [-0.2, 0) is 0 Å². The Kier molecular flexibility index (Phi) is 3.71. The molecule has 4 nitrogen and oxygen atoms in total.